The molecule has 2 aliphatic carbocycles. The first-order valence-corrected chi connectivity index (χ1v) is 16.4. The summed E-state index contributed by atoms with van der Waals surface area (Å²) in [5.74, 6) is -2.41. The molecule has 1 unspecified atom stereocenters. The van der Waals surface area contributed by atoms with Crippen molar-refractivity contribution in [2.24, 2.45) is 17.3 Å². The molecule has 2 saturated carbocycles. The molecule has 238 valence electrons. The number of carbonyl (C=O) groups is 4. The maximum Gasteiger partial charge on any atom is 0.266 e. The first-order valence-electron chi connectivity index (χ1n) is 16.4. The van der Waals surface area contributed by atoms with Crippen LogP contribution in [0.4, 0.5) is 8.78 Å². The number of amides is 4. The van der Waals surface area contributed by atoms with Crippen LogP contribution in [0.25, 0.3) is 0 Å². The van der Waals surface area contributed by atoms with E-state index in [4.69, 9.17) is 4.74 Å². The van der Waals surface area contributed by atoms with Gasteiger partial charge < -0.3 is 14.5 Å². The second kappa shape index (κ2) is 11.1. The number of imide groups is 1. The van der Waals surface area contributed by atoms with Gasteiger partial charge in [0.2, 0.25) is 17.7 Å². The van der Waals surface area contributed by atoms with E-state index in [1.807, 2.05) is 9.80 Å². The van der Waals surface area contributed by atoms with Crippen molar-refractivity contribution in [1.29, 1.82) is 0 Å². The van der Waals surface area contributed by atoms with Crippen LogP contribution >= 0.6 is 0 Å². The maximum atomic E-state index is 15.5. The van der Waals surface area contributed by atoms with Gasteiger partial charge in [0.1, 0.15) is 23.9 Å². The Balaban J connectivity index is 0.974. The van der Waals surface area contributed by atoms with Gasteiger partial charge in [-0.2, -0.15) is 0 Å². The molecule has 0 radical (unpaired) electrons. The van der Waals surface area contributed by atoms with Crippen molar-refractivity contribution in [2.75, 3.05) is 26.2 Å². The number of ether oxygens (including phenoxy) is 1. The number of likely N-dealkylation sites (tertiary alicyclic amines) is 2. The van der Waals surface area contributed by atoms with Crippen molar-refractivity contribution < 1.29 is 32.7 Å². The largest absolute Gasteiger partial charge is 0.489 e. The minimum Gasteiger partial charge on any atom is -0.489 e. The van der Waals surface area contributed by atoms with Crippen LogP contribution in [0.1, 0.15) is 87.1 Å². The molecule has 1 N–H and O–H groups in total. The first-order chi connectivity index (χ1) is 21.0. The molecule has 5 fully saturated rings. The molecule has 4 heterocycles. The number of alkyl halides is 2. The summed E-state index contributed by atoms with van der Waals surface area (Å²) in [5.41, 5.74) is 0.979. The normalized spacial score (nSPS) is 30.8. The van der Waals surface area contributed by atoms with Crippen molar-refractivity contribution >= 4 is 23.6 Å². The van der Waals surface area contributed by atoms with Crippen LogP contribution < -0.4 is 10.1 Å². The molecule has 3 atom stereocenters. The van der Waals surface area contributed by atoms with Crippen LogP contribution in [0.5, 0.6) is 5.75 Å². The summed E-state index contributed by atoms with van der Waals surface area (Å²) in [6, 6.07) is 3.32. The van der Waals surface area contributed by atoms with E-state index in [2.05, 4.69) is 12.2 Å². The lowest BCUT2D eigenvalue weighted by Crippen LogP contribution is -2.66. The van der Waals surface area contributed by atoms with Gasteiger partial charge in [-0.05, 0) is 80.5 Å². The molecule has 0 bridgehead atoms. The second-order valence-electron chi connectivity index (χ2n) is 14.2. The minimum absolute atomic E-state index is 0.155. The Kier molecular flexibility index (Phi) is 7.45. The molecular weight excluding hydrogens is 570 g/mol. The molecule has 9 nitrogen and oxygen atoms in total. The minimum atomic E-state index is -2.86. The molecule has 1 aromatic carbocycles. The number of nitrogens with zero attached hydrogens (tertiary/aromatic N) is 3. The average Bonchev–Trinajstić information content (AvgIpc) is 3.27. The molecule has 44 heavy (non-hydrogen) atoms. The van der Waals surface area contributed by atoms with Gasteiger partial charge in [0.25, 0.3) is 11.8 Å². The maximum absolute atomic E-state index is 15.5. The summed E-state index contributed by atoms with van der Waals surface area (Å²) in [6.07, 6.45) is 5.49. The van der Waals surface area contributed by atoms with E-state index in [1.165, 1.54) is 4.90 Å². The summed E-state index contributed by atoms with van der Waals surface area (Å²) in [6.45, 7) is 5.06. The SMILES string of the molecule is CC1(C(=O)N2CCC(C3CN([C@@H]4[C@H](Oc5ccc6c(c5)CN(C5CCC(=O)NC5=O)C6=O)CCCC4(F)F)C3)CC2)CCC1. The number of nitrogens with one attached hydrogen (secondary N) is 1. The summed E-state index contributed by atoms with van der Waals surface area (Å²) >= 11 is 0. The van der Waals surface area contributed by atoms with Crippen molar-refractivity contribution in [3.8, 4) is 5.75 Å². The third kappa shape index (κ3) is 5.18. The van der Waals surface area contributed by atoms with Gasteiger partial charge in [0.15, 0.2) is 0 Å². The Hall–Kier alpha value is -3.08. The number of hydrogen-bond donors (Lipinski definition) is 1. The highest BCUT2D eigenvalue weighted by molar-refractivity contribution is 6.05. The van der Waals surface area contributed by atoms with E-state index in [1.54, 1.807) is 18.2 Å². The van der Waals surface area contributed by atoms with Crippen LogP contribution in [0.15, 0.2) is 18.2 Å². The Bertz CT molecular complexity index is 1350. The molecule has 6 aliphatic rings. The average molecular weight is 613 g/mol. The van der Waals surface area contributed by atoms with Crippen LogP contribution in [0.2, 0.25) is 0 Å². The van der Waals surface area contributed by atoms with E-state index in [0.717, 1.165) is 45.2 Å². The topological polar surface area (TPSA) is 99.3 Å². The summed E-state index contributed by atoms with van der Waals surface area (Å²) in [7, 11) is 0. The van der Waals surface area contributed by atoms with Crippen LogP contribution in [-0.4, -0.2) is 88.6 Å². The van der Waals surface area contributed by atoms with Crippen LogP contribution in [-0.2, 0) is 20.9 Å². The number of benzene rings is 1. The van der Waals surface area contributed by atoms with E-state index in [0.29, 0.717) is 60.6 Å². The summed E-state index contributed by atoms with van der Waals surface area (Å²) in [4.78, 5) is 55.4. The lowest BCUT2D eigenvalue weighted by Gasteiger charge is -2.53. The first kappa shape index (κ1) is 29.6. The third-order valence-electron chi connectivity index (χ3n) is 11.4. The third-order valence-corrected chi connectivity index (χ3v) is 11.4. The lowest BCUT2D eigenvalue weighted by atomic mass is 9.69. The number of halogens is 2. The highest BCUT2D eigenvalue weighted by Crippen LogP contribution is 2.45. The predicted octanol–water partition coefficient (Wildman–Crippen LogP) is 3.74. The zero-order valence-electron chi connectivity index (χ0n) is 25.4. The number of hydrogen-bond acceptors (Lipinski definition) is 6. The van der Waals surface area contributed by atoms with E-state index in [9.17, 15) is 19.2 Å². The van der Waals surface area contributed by atoms with Crippen LogP contribution in [0, 0.1) is 17.3 Å². The molecule has 1 aromatic rings. The number of fused-ring (bicyclic) bond motifs is 1. The zero-order chi connectivity index (χ0) is 30.8. The Morgan fingerprint density at radius 3 is 2.41 bits per heavy atom. The van der Waals surface area contributed by atoms with Crippen molar-refractivity contribution in [3.63, 3.8) is 0 Å². The Labute approximate surface area is 256 Å². The van der Waals surface area contributed by atoms with Crippen molar-refractivity contribution in [3.05, 3.63) is 29.3 Å². The van der Waals surface area contributed by atoms with Gasteiger partial charge in [-0.1, -0.05) is 13.3 Å². The second-order valence-corrected chi connectivity index (χ2v) is 14.2. The van der Waals surface area contributed by atoms with Crippen LogP contribution in [0.3, 0.4) is 0 Å². The zero-order valence-corrected chi connectivity index (χ0v) is 25.4. The molecule has 11 heteroatoms. The molecule has 3 saturated heterocycles. The van der Waals surface area contributed by atoms with Crippen molar-refractivity contribution in [1.82, 2.24) is 20.0 Å². The fraction of sp³-hybridized carbons (Fsp3) is 0.697. The van der Waals surface area contributed by atoms with E-state index < -0.39 is 30.0 Å². The quantitative estimate of drug-likeness (QED) is 0.492. The molecule has 0 spiro atoms. The van der Waals surface area contributed by atoms with E-state index >= 15 is 8.78 Å². The highest BCUT2D eigenvalue weighted by atomic mass is 19.3. The number of rotatable bonds is 6. The highest BCUT2D eigenvalue weighted by Gasteiger charge is 2.55. The Morgan fingerprint density at radius 2 is 1.73 bits per heavy atom. The van der Waals surface area contributed by atoms with E-state index in [-0.39, 0.29) is 43.0 Å². The van der Waals surface area contributed by atoms with Gasteiger partial charge in [-0.15, -0.1) is 0 Å². The van der Waals surface area contributed by atoms with Gasteiger partial charge in [0, 0.05) is 56.5 Å². The summed E-state index contributed by atoms with van der Waals surface area (Å²) in [5, 5.41) is 2.31. The molecule has 4 aliphatic heterocycles. The number of piperidine rings is 2. The monoisotopic (exact) mass is 612 g/mol. The molecule has 7 rings (SSSR count). The summed E-state index contributed by atoms with van der Waals surface area (Å²) < 4.78 is 37.2. The molecule has 0 aromatic heterocycles. The Morgan fingerprint density at radius 1 is 0.977 bits per heavy atom. The molecular formula is C33H42F2N4O5. The fourth-order valence-corrected chi connectivity index (χ4v) is 8.49. The predicted molar refractivity (Wildman–Crippen MR) is 156 cm³/mol. The standard InChI is InChI=1S/C33H42F2N4O5/c1-32(11-3-12-32)31(43)37-14-9-20(10-15-37)22-17-38(18-22)28-26(4-2-13-33(28,34)35)44-23-5-6-24-21(16-23)19-39(30(24)42)25-7-8-27(40)36-29(25)41/h5-6,16,20,22,25-26,28H,2-4,7-15,17-19H2,1H3,(H,36,40,41)/t25?,26-,28-/m1/s1. The molecule has 4 amide bonds. The smallest absolute Gasteiger partial charge is 0.266 e. The lowest BCUT2D eigenvalue weighted by molar-refractivity contribution is -0.173. The van der Waals surface area contributed by atoms with Gasteiger partial charge >= 0.3 is 0 Å². The van der Waals surface area contributed by atoms with Crippen molar-refractivity contribution in [2.45, 2.75) is 102 Å². The number of carbonyl (C=O) groups excluding carboxylic acids is 4. The fourth-order valence-electron chi connectivity index (χ4n) is 8.49. The van der Waals surface area contributed by atoms with Gasteiger partial charge in [-0.25, -0.2) is 8.78 Å². The van der Waals surface area contributed by atoms with Gasteiger partial charge in [-0.3, -0.25) is 29.4 Å². The van der Waals surface area contributed by atoms with Gasteiger partial charge in [0.05, 0.1) is 0 Å².